The van der Waals surface area contributed by atoms with Gasteiger partial charge in [0.2, 0.25) is 5.91 Å². The Morgan fingerprint density at radius 2 is 2.06 bits per heavy atom. The number of nitrogens with two attached hydrogens (primary N) is 1. The summed E-state index contributed by atoms with van der Waals surface area (Å²) >= 11 is 11.7. The predicted octanol–water partition coefficient (Wildman–Crippen LogP) is 2.39. The van der Waals surface area contributed by atoms with E-state index in [-0.39, 0.29) is 23.4 Å². The highest BCUT2D eigenvalue weighted by atomic mass is 35.5. The Labute approximate surface area is 116 Å². The fourth-order valence-electron chi connectivity index (χ4n) is 1.58. The quantitative estimate of drug-likeness (QED) is 0.875. The maximum atomic E-state index is 11.0. The third-order valence-electron chi connectivity index (χ3n) is 2.57. The van der Waals surface area contributed by atoms with Gasteiger partial charge in [0.15, 0.2) is 0 Å². The number of carbonyl (C=O) groups is 1. The van der Waals surface area contributed by atoms with Crippen LogP contribution >= 0.6 is 23.2 Å². The van der Waals surface area contributed by atoms with E-state index in [0.717, 1.165) is 0 Å². The molecule has 4 nitrogen and oxygen atoms in total. The van der Waals surface area contributed by atoms with Gasteiger partial charge in [0.25, 0.3) is 0 Å². The molecule has 0 saturated carbocycles. The molecule has 1 aromatic carbocycles. The van der Waals surface area contributed by atoms with Gasteiger partial charge in [-0.15, -0.1) is 0 Å². The minimum Gasteiger partial charge on any atom is -0.506 e. The van der Waals surface area contributed by atoms with Gasteiger partial charge in [-0.1, -0.05) is 23.2 Å². The lowest BCUT2D eigenvalue weighted by atomic mass is 10.1. The van der Waals surface area contributed by atoms with Gasteiger partial charge >= 0.3 is 0 Å². The average Bonchev–Trinajstić information content (AvgIpc) is 2.23. The Morgan fingerprint density at radius 3 is 2.56 bits per heavy atom. The van der Waals surface area contributed by atoms with Gasteiger partial charge in [0.05, 0.1) is 11.6 Å². The molecule has 0 radical (unpaired) electrons. The molecule has 0 aliphatic carbocycles. The molecule has 0 aliphatic rings. The topological polar surface area (TPSA) is 66.6 Å². The molecule has 0 aliphatic heterocycles. The molecule has 0 spiro atoms. The van der Waals surface area contributed by atoms with Crippen molar-refractivity contribution >= 4 is 29.1 Å². The molecule has 1 aromatic rings. The SMILES string of the molecule is CC(C)N(CC(N)=O)Cc1cc(Cl)cc(Cl)c1O. The Morgan fingerprint density at radius 1 is 1.44 bits per heavy atom. The van der Waals surface area contributed by atoms with Crippen molar-refractivity contribution in [3.63, 3.8) is 0 Å². The Hall–Kier alpha value is -0.970. The number of halogens is 2. The lowest BCUT2D eigenvalue weighted by Crippen LogP contribution is -2.37. The van der Waals surface area contributed by atoms with Crippen molar-refractivity contribution in [1.29, 1.82) is 0 Å². The molecule has 0 atom stereocenters. The van der Waals surface area contributed by atoms with Crippen LogP contribution in [-0.2, 0) is 11.3 Å². The van der Waals surface area contributed by atoms with Crippen molar-refractivity contribution in [2.75, 3.05) is 6.54 Å². The highest BCUT2D eigenvalue weighted by Gasteiger charge is 2.16. The molecule has 1 amide bonds. The molecule has 6 heteroatoms. The third kappa shape index (κ3) is 4.05. The number of hydrogen-bond donors (Lipinski definition) is 2. The average molecular weight is 291 g/mol. The first kappa shape index (κ1) is 15.1. The summed E-state index contributed by atoms with van der Waals surface area (Å²) < 4.78 is 0. The van der Waals surface area contributed by atoms with Crippen molar-refractivity contribution in [2.24, 2.45) is 5.73 Å². The molecule has 1 rings (SSSR count). The lowest BCUT2D eigenvalue weighted by molar-refractivity contribution is -0.119. The number of carbonyl (C=O) groups excluding carboxylic acids is 1. The fraction of sp³-hybridized carbons (Fsp3) is 0.417. The molecule has 0 fully saturated rings. The third-order valence-corrected chi connectivity index (χ3v) is 3.08. The summed E-state index contributed by atoms with van der Waals surface area (Å²) in [5.41, 5.74) is 5.76. The van der Waals surface area contributed by atoms with Crippen LogP contribution in [0.2, 0.25) is 10.0 Å². The molecule has 0 bridgehead atoms. The summed E-state index contributed by atoms with van der Waals surface area (Å²) in [6, 6.07) is 3.20. The highest BCUT2D eigenvalue weighted by Crippen LogP contribution is 2.32. The van der Waals surface area contributed by atoms with Gasteiger partial charge in [-0.25, -0.2) is 0 Å². The van der Waals surface area contributed by atoms with Crippen molar-refractivity contribution < 1.29 is 9.90 Å². The minimum absolute atomic E-state index is 0.0174. The van der Waals surface area contributed by atoms with Gasteiger partial charge in [-0.3, -0.25) is 9.69 Å². The van der Waals surface area contributed by atoms with Crippen LogP contribution in [-0.4, -0.2) is 28.5 Å². The first-order valence-corrected chi connectivity index (χ1v) is 6.26. The van der Waals surface area contributed by atoms with Crippen LogP contribution in [0.5, 0.6) is 5.75 Å². The van der Waals surface area contributed by atoms with Crippen molar-refractivity contribution in [2.45, 2.75) is 26.4 Å². The zero-order valence-electron chi connectivity index (χ0n) is 10.3. The largest absolute Gasteiger partial charge is 0.506 e. The minimum atomic E-state index is -0.420. The Balaban J connectivity index is 2.96. The number of phenolic OH excluding ortho intramolecular Hbond substituents is 1. The first-order chi connectivity index (χ1) is 8.31. The number of amides is 1. The number of rotatable bonds is 5. The second kappa shape index (κ2) is 6.27. The highest BCUT2D eigenvalue weighted by molar-refractivity contribution is 6.35. The second-order valence-corrected chi connectivity index (χ2v) is 5.20. The van der Waals surface area contributed by atoms with E-state index < -0.39 is 5.91 Å². The molecule has 0 unspecified atom stereocenters. The fourth-order valence-corrected chi connectivity index (χ4v) is 2.12. The van der Waals surface area contributed by atoms with Crippen molar-refractivity contribution in [3.8, 4) is 5.75 Å². The number of hydrogen-bond acceptors (Lipinski definition) is 3. The number of benzene rings is 1. The van der Waals surface area contributed by atoms with Crippen LogP contribution in [0.1, 0.15) is 19.4 Å². The van der Waals surface area contributed by atoms with Crippen LogP contribution in [0.15, 0.2) is 12.1 Å². The second-order valence-electron chi connectivity index (χ2n) is 4.36. The maximum Gasteiger partial charge on any atom is 0.231 e. The summed E-state index contributed by atoms with van der Waals surface area (Å²) in [4.78, 5) is 12.8. The zero-order valence-corrected chi connectivity index (χ0v) is 11.8. The van der Waals surface area contributed by atoms with E-state index in [9.17, 15) is 9.90 Å². The Kier molecular flexibility index (Phi) is 5.26. The normalized spacial score (nSPS) is 11.2. The van der Waals surface area contributed by atoms with Crippen LogP contribution in [0, 0.1) is 0 Å². The van der Waals surface area contributed by atoms with E-state index in [0.29, 0.717) is 17.1 Å². The maximum absolute atomic E-state index is 11.0. The number of primary amides is 1. The van der Waals surface area contributed by atoms with Crippen molar-refractivity contribution in [3.05, 3.63) is 27.7 Å². The molecular formula is C12H16Cl2N2O2. The van der Waals surface area contributed by atoms with E-state index in [1.807, 2.05) is 18.7 Å². The zero-order chi connectivity index (χ0) is 13.9. The molecule has 0 heterocycles. The van der Waals surface area contributed by atoms with E-state index in [4.69, 9.17) is 28.9 Å². The van der Waals surface area contributed by atoms with E-state index in [1.165, 1.54) is 6.07 Å². The van der Waals surface area contributed by atoms with Gasteiger partial charge in [-0.05, 0) is 26.0 Å². The first-order valence-electron chi connectivity index (χ1n) is 5.50. The van der Waals surface area contributed by atoms with Crippen LogP contribution in [0.4, 0.5) is 0 Å². The standard InChI is InChI=1S/C12H16Cl2N2O2/c1-7(2)16(6-11(15)17)5-8-3-9(13)4-10(14)12(8)18/h3-4,7,18H,5-6H2,1-2H3,(H2,15,17). The van der Waals surface area contributed by atoms with Gasteiger partial charge < -0.3 is 10.8 Å². The molecule has 100 valence electrons. The molecular weight excluding hydrogens is 275 g/mol. The number of phenols is 1. The predicted molar refractivity (Wildman–Crippen MR) is 72.9 cm³/mol. The van der Waals surface area contributed by atoms with Gasteiger partial charge in [0.1, 0.15) is 5.75 Å². The van der Waals surface area contributed by atoms with Crippen LogP contribution in [0.3, 0.4) is 0 Å². The summed E-state index contributed by atoms with van der Waals surface area (Å²) in [7, 11) is 0. The van der Waals surface area contributed by atoms with Crippen LogP contribution < -0.4 is 5.73 Å². The smallest absolute Gasteiger partial charge is 0.231 e. The van der Waals surface area contributed by atoms with Gasteiger partial charge in [-0.2, -0.15) is 0 Å². The molecule has 18 heavy (non-hydrogen) atoms. The van der Waals surface area contributed by atoms with Gasteiger partial charge in [0, 0.05) is 23.2 Å². The lowest BCUT2D eigenvalue weighted by Gasteiger charge is -2.25. The summed E-state index contributed by atoms with van der Waals surface area (Å²) in [5, 5.41) is 10.5. The van der Waals surface area contributed by atoms with Crippen molar-refractivity contribution in [1.82, 2.24) is 4.90 Å². The molecule has 3 N–H and O–H groups in total. The van der Waals surface area contributed by atoms with E-state index in [1.54, 1.807) is 6.07 Å². The van der Waals surface area contributed by atoms with Crippen LogP contribution in [0.25, 0.3) is 0 Å². The summed E-state index contributed by atoms with van der Waals surface area (Å²) in [5.74, 6) is -0.437. The summed E-state index contributed by atoms with van der Waals surface area (Å²) in [6.45, 7) is 4.34. The van der Waals surface area contributed by atoms with E-state index >= 15 is 0 Å². The Bertz CT molecular complexity index is 450. The monoisotopic (exact) mass is 290 g/mol. The summed E-state index contributed by atoms with van der Waals surface area (Å²) in [6.07, 6.45) is 0. The van der Waals surface area contributed by atoms with E-state index in [2.05, 4.69) is 0 Å². The molecule has 0 saturated heterocycles. The number of nitrogens with zero attached hydrogens (tertiary/aromatic N) is 1. The number of aromatic hydroxyl groups is 1. The molecule has 0 aromatic heterocycles.